The molecule has 0 N–H and O–H groups in total. The predicted molar refractivity (Wildman–Crippen MR) is 86.6 cm³/mol. The van der Waals surface area contributed by atoms with E-state index in [1.165, 1.54) is 12.1 Å². The zero-order valence-electron chi connectivity index (χ0n) is 12.9. The Morgan fingerprint density at radius 3 is 2.04 bits per heavy atom. The molecule has 0 fully saturated rings. The lowest BCUT2D eigenvalue weighted by Crippen LogP contribution is -2.10. The van der Waals surface area contributed by atoms with Crippen LogP contribution in [0.15, 0.2) is 36.4 Å². The van der Waals surface area contributed by atoms with Gasteiger partial charge in [-0.15, -0.1) is 0 Å². The van der Waals surface area contributed by atoms with Crippen LogP contribution in [-0.2, 0) is 12.6 Å². The van der Waals surface area contributed by atoms with Gasteiger partial charge in [-0.1, -0.05) is 35.3 Å². The Hall–Kier alpha value is -1.60. The summed E-state index contributed by atoms with van der Waals surface area (Å²) in [5, 5.41) is -0.149. The highest BCUT2D eigenvalue weighted by atomic mass is 35.5. The van der Waals surface area contributed by atoms with Crippen LogP contribution in [-0.4, -0.2) is 12.8 Å². The van der Waals surface area contributed by atoms with Crippen molar-refractivity contribution in [1.29, 1.82) is 0 Å². The van der Waals surface area contributed by atoms with E-state index in [1.54, 1.807) is 0 Å². The molecule has 0 saturated heterocycles. The van der Waals surface area contributed by atoms with Crippen LogP contribution < -0.4 is 4.74 Å². The number of benzene rings is 2. The lowest BCUT2D eigenvalue weighted by atomic mass is 10.1. The molecule has 1 nitrogen and oxygen atoms in total. The number of ether oxygens (including phenoxy) is 1. The summed E-state index contributed by atoms with van der Waals surface area (Å²) in [5.74, 6) is -0.00141. The summed E-state index contributed by atoms with van der Waals surface area (Å²) in [7, 11) is 0. The van der Waals surface area contributed by atoms with Gasteiger partial charge in [-0.25, -0.2) is 0 Å². The fraction of sp³-hybridized carbons (Fsp3) is 0.235. The van der Waals surface area contributed by atoms with Crippen LogP contribution in [0.4, 0.5) is 26.3 Å². The van der Waals surface area contributed by atoms with Crippen molar-refractivity contribution in [1.82, 2.24) is 0 Å². The molecule has 26 heavy (non-hydrogen) atoms. The minimum absolute atomic E-state index is 0.00141. The van der Waals surface area contributed by atoms with Crippen molar-refractivity contribution >= 4 is 23.2 Å². The van der Waals surface area contributed by atoms with Gasteiger partial charge in [-0.3, -0.25) is 0 Å². The smallest absolute Gasteiger partial charge is 0.416 e. The first-order valence-corrected chi connectivity index (χ1v) is 7.92. The third-order valence-electron chi connectivity index (χ3n) is 3.30. The summed E-state index contributed by atoms with van der Waals surface area (Å²) in [6.07, 6.45) is -8.71. The standard InChI is InChI=1S/C17H11Cl2F6O/c18-13-8-14(19)15(7-11(13)9-16(20,21)22)26-6-5-10-1-3-12(4-2-10)17(23,24)25/h1-4,7-9H,5-6H2. The molecule has 0 aromatic heterocycles. The van der Waals surface area contributed by atoms with Gasteiger partial charge in [-0.2, -0.15) is 26.3 Å². The second-order valence-electron chi connectivity index (χ2n) is 5.28. The molecule has 0 unspecified atom stereocenters. The Kier molecular flexibility index (Phi) is 6.34. The normalized spacial score (nSPS) is 12.3. The Morgan fingerprint density at radius 2 is 1.50 bits per heavy atom. The SMILES string of the molecule is FC(F)(F)[CH]c1cc(OCCc2ccc(C(F)(F)F)cc2)c(Cl)cc1Cl. The molecular formula is C17H11Cl2F6O. The Balaban J connectivity index is 2.02. The van der Waals surface area contributed by atoms with Gasteiger partial charge in [0.25, 0.3) is 0 Å². The zero-order valence-corrected chi connectivity index (χ0v) is 14.4. The predicted octanol–water partition coefficient (Wildman–Crippen LogP) is 6.75. The monoisotopic (exact) mass is 415 g/mol. The first kappa shape index (κ1) is 20.7. The molecule has 141 valence electrons. The molecule has 0 bridgehead atoms. The summed E-state index contributed by atoms with van der Waals surface area (Å²) in [5.41, 5.74) is -0.492. The lowest BCUT2D eigenvalue weighted by Gasteiger charge is -2.13. The molecular weight excluding hydrogens is 405 g/mol. The average Bonchev–Trinajstić information content (AvgIpc) is 2.50. The van der Waals surface area contributed by atoms with E-state index >= 15 is 0 Å². The second-order valence-corrected chi connectivity index (χ2v) is 6.10. The summed E-state index contributed by atoms with van der Waals surface area (Å²) in [6, 6.07) is 6.69. The van der Waals surface area contributed by atoms with Gasteiger partial charge in [0.2, 0.25) is 0 Å². The molecule has 0 atom stereocenters. The van der Waals surface area contributed by atoms with Gasteiger partial charge in [-0.05, 0) is 35.4 Å². The van der Waals surface area contributed by atoms with Crippen LogP contribution in [0, 0.1) is 6.42 Å². The minimum atomic E-state index is -4.56. The largest absolute Gasteiger partial charge is 0.492 e. The summed E-state index contributed by atoms with van der Waals surface area (Å²) in [4.78, 5) is 0. The number of halogens is 8. The number of hydrogen-bond donors (Lipinski definition) is 0. The Labute approximate surface area is 155 Å². The van der Waals surface area contributed by atoms with Crippen molar-refractivity contribution in [2.75, 3.05) is 6.61 Å². The van der Waals surface area contributed by atoms with E-state index < -0.39 is 17.9 Å². The third-order valence-corrected chi connectivity index (χ3v) is 3.92. The molecule has 0 saturated carbocycles. The van der Waals surface area contributed by atoms with E-state index in [4.69, 9.17) is 27.9 Å². The molecule has 2 rings (SSSR count). The maximum absolute atomic E-state index is 12.5. The van der Waals surface area contributed by atoms with Crippen molar-refractivity contribution in [3.05, 3.63) is 69.6 Å². The fourth-order valence-electron chi connectivity index (χ4n) is 2.08. The van der Waals surface area contributed by atoms with E-state index in [0.29, 0.717) is 5.56 Å². The highest BCUT2D eigenvalue weighted by Crippen LogP contribution is 2.35. The molecule has 0 spiro atoms. The average molecular weight is 416 g/mol. The molecule has 0 aliphatic rings. The summed E-state index contributed by atoms with van der Waals surface area (Å²) >= 11 is 11.6. The molecule has 1 radical (unpaired) electrons. The van der Waals surface area contributed by atoms with E-state index in [2.05, 4.69) is 0 Å². The van der Waals surface area contributed by atoms with E-state index in [1.807, 2.05) is 0 Å². The zero-order chi connectivity index (χ0) is 19.5. The topological polar surface area (TPSA) is 9.23 Å². The van der Waals surface area contributed by atoms with Crippen LogP contribution in [0.25, 0.3) is 0 Å². The fourth-order valence-corrected chi connectivity index (χ4v) is 2.57. The summed E-state index contributed by atoms with van der Waals surface area (Å²) in [6.45, 7) is 0.0121. The molecule has 9 heteroatoms. The number of alkyl halides is 6. The summed E-state index contributed by atoms with van der Waals surface area (Å²) < 4.78 is 80.3. The maximum atomic E-state index is 12.5. The minimum Gasteiger partial charge on any atom is -0.492 e. The van der Waals surface area contributed by atoms with Gasteiger partial charge in [0.05, 0.1) is 23.6 Å². The van der Waals surface area contributed by atoms with Gasteiger partial charge in [0, 0.05) is 11.4 Å². The molecule has 2 aromatic rings. The van der Waals surface area contributed by atoms with Crippen LogP contribution in [0.1, 0.15) is 16.7 Å². The van der Waals surface area contributed by atoms with Crippen molar-refractivity contribution < 1.29 is 31.1 Å². The molecule has 0 amide bonds. The van der Waals surface area contributed by atoms with Gasteiger partial charge in [0.15, 0.2) is 0 Å². The molecule has 0 heterocycles. The van der Waals surface area contributed by atoms with Crippen LogP contribution >= 0.6 is 23.2 Å². The van der Waals surface area contributed by atoms with E-state index in [0.717, 1.165) is 24.3 Å². The van der Waals surface area contributed by atoms with Crippen LogP contribution in [0.2, 0.25) is 10.0 Å². The number of hydrogen-bond acceptors (Lipinski definition) is 1. The Morgan fingerprint density at radius 1 is 0.885 bits per heavy atom. The molecule has 0 aliphatic heterocycles. The van der Waals surface area contributed by atoms with Crippen molar-refractivity contribution in [3.8, 4) is 5.75 Å². The lowest BCUT2D eigenvalue weighted by molar-refractivity contribution is -0.137. The number of rotatable bonds is 5. The highest BCUT2D eigenvalue weighted by Gasteiger charge is 2.30. The maximum Gasteiger partial charge on any atom is 0.416 e. The van der Waals surface area contributed by atoms with Gasteiger partial charge >= 0.3 is 12.4 Å². The van der Waals surface area contributed by atoms with Crippen molar-refractivity contribution in [2.45, 2.75) is 18.8 Å². The van der Waals surface area contributed by atoms with E-state index in [9.17, 15) is 26.3 Å². The Bertz CT molecular complexity index is 754. The molecule has 0 aliphatic carbocycles. The first-order chi connectivity index (χ1) is 12.0. The third kappa shape index (κ3) is 5.99. The van der Waals surface area contributed by atoms with Gasteiger partial charge in [0.1, 0.15) is 5.75 Å². The van der Waals surface area contributed by atoms with E-state index in [-0.39, 0.29) is 40.8 Å². The second kappa shape index (κ2) is 7.96. The van der Waals surface area contributed by atoms with Crippen LogP contribution in [0.3, 0.4) is 0 Å². The van der Waals surface area contributed by atoms with Crippen molar-refractivity contribution in [2.24, 2.45) is 0 Å². The van der Waals surface area contributed by atoms with Gasteiger partial charge < -0.3 is 4.74 Å². The highest BCUT2D eigenvalue weighted by molar-refractivity contribution is 6.36. The molecule has 2 aromatic carbocycles. The quantitative estimate of drug-likeness (QED) is 0.490. The van der Waals surface area contributed by atoms with Crippen LogP contribution in [0.5, 0.6) is 5.75 Å². The van der Waals surface area contributed by atoms with Crippen molar-refractivity contribution in [3.63, 3.8) is 0 Å². The first-order valence-electron chi connectivity index (χ1n) is 7.16.